The molecule has 0 bridgehead atoms. The van der Waals surface area contributed by atoms with E-state index in [4.69, 9.17) is 11.5 Å². The third-order valence-electron chi connectivity index (χ3n) is 2.03. The molecule has 2 aromatic rings. The molecule has 0 amide bonds. The molecule has 6 nitrogen and oxygen atoms in total. The van der Waals surface area contributed by atoms with Crippen LogP contribution in [0.2, 0.25) is 0 Å². The minimum Gasteiger partial charge on any atom is -0.390 e. The highest BCUT2D eigenvalue weighted by Gasteiger charge is 2.07. The van der Waals surface area contributed by atoms with Gasteiger partial charge in [-0.1, -0.05) is 6.07 Å². The van der Waals surface area contributed by atoms with Gasteiger partial charge in [0.25, 0.3) is 5.56 Å². The lowest BCUT2D eigenvalue weighted by Crippen LogP contribution is -2.10. The van der Waals surface area contributed by atoms with Crippen LogP contribution >= 0.6 is 0 Å². The zero-order valence-corrected chi connectivity index (χ0v) is 7.77. The van der Waals surface area contributed by atoms with Crippen molar-refractivity contribution in [1.82, 2.24) is 10.2 Å². The Bertz CT molecular complexity index is 587. The van der Waals surface area contributed by atoms with Crippen molar-refractivity contribution in [1.29, 1.82) is 0 Å². The van der Waals surface area contributed by atoms with E-state index in [1.165, 1.54) is 0 Å². The molecule has 0 fully saturated rings. The predicted octanol–water partition coefficient (Wildman–Crippen LogP) is 0.124. The number of aromatic amines is 1. The first-order chi connectivity index (χ1) is 7.24. The Morgan fingerprint density at radius 1 is 1.47 bits per heavy atom. The van der Waals surface area contributed by atoms with Gasteiger partial charge in [-0.3, -0.25) is 4.79 Å². The molecule has 1 aromatic heterocycles. The lowest BCUT2D eigenvalue weighted by Gasteiger charge is -2.02. The summed E-state index contributed by atoms with van der Waals surface area (Å²) >= 11 is 0. The second-order valence-electron chi connectivity index (χ2n) is 2.92. The highest BCUT2D eigenvalue weighted by molar-refractivity contribution is 5.99. The third kappa shape index (κ3) is 1.41. The molecule has 0 aliphatic heterocycles. The van der Waals surface area contributed by atoms with Gasteiger partial charge in [-0.15, -0.1) is 0 Å². The molecule has 15 heavy (non-hydrogen) atoms. The van der Waals surface area contributed by atoms with Gasteiger partial charge in [-0.25, -0.2) is 10.1 Å². The van der Waals surface area contributed by atoms with Gasteiger partial charge in [0.2, 0.25) is 0 Å². The molecule has 6 heteroatoms. The van der Waals surface area contributed by atoms with E-state index in [0.29, 0.717) is 16.5 Å². The van der Waals surface area contributed by atoms with Crippen LogP contribution in [0.25, 0.3) is 10.8 Å². The molecule has 5 N–H and O–H groups in total. The maximum Gasteiger partial charge on any atom is 0.272 e. The Balaban J connectivity index is 2.96. The zero-order valence-electron chi connectivity index (χ0n) is 7.77. The summed E-state index contributed by atoms with van der Waals surface area (Å²) in [7, 11) is 0. The van der Waals surface area contributed by atoms with Crippen molar-refractivity contribution in [3.63, 3.8) is 0 Å². The molecule has 0 aliphatic carbocycles. The zero-order chi connectivity index (χ0) is 10.8. The summed E-state index contributed by atoms with van der Waals surface area (Å²) in [4.78, 5) is 15.3. The van der Waals surface area contributed by atoms with Gasteiger partial charge in [0.05, 0.1) is 22.8 Å². The number of nitrogen functional groups attached to an aromatic ring is 1. The fraction of sp³-hybridized carbons (Fsp3) is 0. The van der Waals surface area contributed by atoms with E-state index in [-0.39, 0.29) is 11.4 Å². The molecule has 0 aliphatic rings. The molecule has 0 unspecified atom stereocenters. The lowest BCUT2D eigenvalue weighted by atomic mass is 10.1. The second-order valence-corrected chi connectivity index (χ2v) is 2.92. The number of nitrogens with two attached hydrogens (primary N) is 2. The topological polar surface area (TPSA) is 110 Å². The molecule has 0 spiro atoms. The molecule has 1 aromatic carbocycles. The average Bonchev–Trinajstić information content (AvgIpc) is 2.24. The van der Waals surface area contributed by atoms with E-state index in [0.717, 1.165) is 6.34 Å². The summed E-state index contributed by atoms with van der Waals surface area (Å²) < 4.78 is 0. The molecule has 0 saturated heterocycles. The molecule has 0 saturated carbocycles. The fourth-order valence-corrected chi connectivity index (χ4v) is 1.41. The molecule has 76 valence electrons. The minimum atomic E-state index is -0.298. The van der Waals surface area contributed by atoms with E-state index in [1.807, 2.05) is 0 Å². The summed E-state index contributed by atoms with van der Waals surface area (Å²) in [6.07, 6.45) is 1.15. The maximum absolute atomic E-state index is 11.4. The Labute approximate surface area is 84.6 Å². The van der Waals surface area contributed by atoms with E-state index < -0.39 is 0 Å². The third-order valence-corrected chi connectivity index (χ3v) is 2.03. The molecule has 0 atom stereocenters. The Hall–Kier alpha value is -2.37. The largest absolute Gasteiger partial charge is 0.390 e. The van der Waals surface area contributed by atoms with Gasteiger partial charge in [0.15, 0.2) is 5.82 Å². The van der Waals surface area contributed by atoms with Crippen molar-refractivity contribution >= 4 is 28.6 Å². The van der Waals surface area contributed by atoms with Crippen LogP contribution in [0.1, 0.15) is 0 Å². The highest BCUT2D eigenvalue weighted by atomic mass is 16.1. The quantitative estimate of drug-likeness (QED) is 0.451. The van der Waals surface area contributed by atoms with Crippen molar-refractivity contribution in [2.24, 2.45) is 10.7 Å². The summed E-state index contributed by atoms with van der Waals surface area (Å²) in [5.74, 6) is 0.228. The number of hydrogen-bond acceptors (Lipinski definition) is 4. The minimum absolute atomic E-state index is 0.228. The lowest BCUT2D eigenvalue weighted by molar-refractivity contribution is 1.02. The van der Waals surface area contributed by atoms with Crippen LogP contribution in [0.4, 0.5) is 11.5 Å². The van der Waals surface area contributed by atoms with E-state index in [1.54, 1.807) is 18.2 Å². The number of anilines is 1. The maximum atomic E-state index is 11.4. The number of nitrogens with one attached hydrogen (secondary N) is 1. The van der Waals surface area contributed by atoms with Crippen molar-refractivity contribution in [3.8, 4) is 0 Å². The van der Waals surface area contributed by atoms with Gasteiger partial charge in [-0.05, 0) is 12.1 Å². The second kappa shape index (κ2) is 3.41. The van der Waals surface area contributed by atoms with E-state index >= 15 is 0 Å². The Morgan fingerprint density at radius 3 is 3.00 bits per heavy atom. The molecule has 0 radical (unpaired) electrons. The number of fused-ring (bicyclic) bond motifs is 1. The monoisotopic (exact) mass is 203 g/mol. The summed E-state index contributed by atoms with van der Waals surface area (Å²) in [6.45, 7) is 0. The van der Waals surface area contributed by atoms with Gasteiger partial charge in [-0.2, -0.15) is 5.10 Å². The average molecular weight is 203 g/mol. The first-order valence-electron chi connectivity index (χ1n) is 4.25. The summed E-state index contributed by atoms with van der Waals surface area (Å²) in [5, 5.41) is 6.94. The van der Waals surface area contributed by atoms with Crippen LogP contribution in [-0.4, -0.2) is 16.5 Å². The molecule has 1 heterocycles. The first-order valence-corrected chi connectivity index (χ1v) is 4.25. The predicted molar refractivity (Wildman–Crippen MR) is 59.1 cm³/mol. The van der Waals surface area contributed by atoms with Crippen molar-refractivity contribution in [2.45, 2.75) is 0 Å². The summed E-state index contributed by atoms with van der Waals surface area (Å²) in [6, 6.07) is 5.07. The number of rotatable bonds is 1. The smallest absolute Gasteiger partial charge is 0.272 e. The fourth-order valence-electron chi connectivity index (χ4n) is 1.41. The summed E-state index contributed by atoms with van der Waals surface area (Å²) in [5.41, 5.74) is 11.1. The number of hydrogen-bond donors (Lipinski definition) is 3. The van der Waals surface area contributed by atoms with Gasteiger partial charge in [0.1, 0.15) is 0 Å². The van der Waals surface area contributed by atoms with Crippen LogP contribution in [0.15, 0.2) is 28.0 Å². The van der Waals surface area contributed by atoms with Gasteiger partial charge >= 0.3 is 0 Å². The van der Waals surface area contributed by atoms with Crippen LogP contribution in [0, 0.1) is 0 Å². The first kappa shape index (κ1) is 9.20. The van der Waals surface area contributed by atoms with Crippen LogP contribution in [0.3, 0.4) is 0 Å². The Kier molecular flexibility index (Phi) is 2.09. The Morgan fingerprint density at radius 2 is 2.27 bits per heavy atom. The SMILES string of the molecule is N/C=N/c1cccc2c(=O)[nH]nc(N)c12. The number of H-pyrrole nitrogens is 1. The van der Waals surface area contributed by atoms with Crippen molar-refractivity contribution in [2.75, 3.05) is 5.73 Å². The number of aliphatic imine (C=N–C) groups is 1. The molecular formula is C9H9N5O. The number of benzene rings is 1. The van der Waals surface area contributed by atoms with E-state index in [9.17, 15) is 4.79 Å². The van der Waals surface area contributed by atoms with Crippen LogP contribution in [-0.2, 0) is 0 Å². The number of nitrogens with zero attached hydrogens (tertiary/aromatic N) is 2. The molecule has 2 rings (SSSR count). The van der Waals surface area contributed by atoms with Crippen molar-refractivity contribution < 1.29 is 0 Å². The molecular weight excluding hydrogens is 194 g/mol. The van der Waals surface area contributed by atoms with Crippen LogP contribution < -0.4 is 17.0 Å². The number of aromatic nitrogens is 2. The van der Waals surface area contributed by atoms with E-state index in [2.05, 4.69) is 15.2 Å². The van der Waals surface area contributed by atoms with Crippen molar-refractivity contribution in [3.05, 3.63) is 28.6 Å². The standard InChI is InChI=1S/C9H9N5O/c10-4-12-6-3-1-2-5-7(6)8(11)13-14-9(5)15/h1-4H,(H2,10,12)(H2,11,13)(H,14,15). The van der Waals surface area contributed by atoms with Crippen LogP contribution in [0.5, 0.6) is 0 Å². The normalized spacial score (nSPS) is 11.2. The highest BCUT2D eigenvalue weighted by Crippen LogP contribution is 2.26. The van der Waals surface area contributed by atoms with Gasteiger partial charge in [0, 0.05) is 0 Å². The van der Waals surface area contributed by atoms with Gasteiger partial charge < -0.3 is 11.5 Å².